The lowest BCUT2D eigenvalue weighted by Crippen LogP contribution is -2.32. The molecule has 0 saturated carbocycles. The molecule has 0 aliphatic heterocycles. The van der Waals surface area contributed by atoms with Gasteiger partial charge in [-0.3, -0.25) is 19.0 Å². The molecule has 0 radical (unpaired) electrons. The van der Waals surface area contributed by atoms with Gasteiger partial charge in [0.1, 0.15) is 17.0 Å². The highest BCUT2D eigenvalue weighted by atomic mass is 32.1. The third-order valence-electron chi connectivity index (χ3n) is 5.05. The molecule has 168 valence electrons. The van der Waals surface area contributed by atoms with Crippen molar-refractivity contribution in [2.45, 2.75) is 6.54 Å². The average Bonchev–Trinajstić information content (AvgIpc) is 3.29. The van der Waals surface area contributed by atoms with E-state index in [1.165, 1.54) is 27.1 Å². The van der Waals surface area contributed by atoms with Gasteiger partial charge >= 0.3 is 5.97 Å². The molecule has 2 aromatic carbocycles. The van der Waals surface area contributed by atoms with E-state index in [1.54, 1.807) is 26.3 Å². The molecule has 0 atom stereocenters. The van der Waals surface area contributed by atoms with Gasteiger partial charge in [-0.1, -0.05) is 18.2 Å². The van der Waals surface area contributed by atoms with Gasteiger partial charge in [0.2, 0.25) is 0 Å². The second-order valence-electron chi connectivity index (χ2n) is 7.18. The summed E-state index contributed by atoms with van der Waals surface area (Å²) in [5.74, 6) is -0.329. The molecule has 2 aromatic heterocycles. The second kappa shape index (κ2) is 9.66. The second-order valence-corrected chi connectivity index (χ2v) is 8.23. The molecule has 0 spiro atoms. The van der Waals surface area contributed by atoms with Crippen molar-refractivity contribution in [1.29, 1.82) is 0 Å². The Morgan fingerprint density at radius 3 is 2.52 bits per heavy atom. The van der Waals surface area contributed by atoms with Crippen molar-refractivity contribution in [3.8, 4) is 16.2 Å². The topological polar surface area (TPSA) is 90.7 Å². The van der Waals surface area contributed by atoms with Gasteiger partial charge in [0.05, 0.1) is 19.0 Å². The molecule has 0 N–H and O–H groups in total. The third kappa shape index (κ3) is 4.93. The molecule has 4 aromatic rings. The number of amides is 1. The van der Waals surface area contributed by atoms with Crippen LogP contribution in [0.1, 0.15) is 0 Å². The number of carbonyl (C=O) groups is 2. The summed E-state index contributed by atoms with van der Waals surface area (Å²) in [5, 5.41) is 0. The minimum Gasteiger partial charge on any atom is -0.497 e. The molecule has 0 aliphatic rings. The molecule has 9 heteroatoms. The molecule has 8 nitrogen and oxygen atoms in total. The monoisotopic (exact) mass is 463 g/mol. The fourth-order valence-corrected chi connectivity index (χ4v) is 4.24. The maximum atomic E-state index is 12.9. The van der Waals surface area contributed by atoms with Gasteiger partial charge in [0.25, 0.3) is 11.5 Å². The number of para-hydroxylation sites is 1. The number of hydrogen-bond acceptors (Lipinski definition) is 7. The van der Waals surface area contributed by atoms with Gasteiger partial charge in [0.15, 0.2) is 6.61 Å². The lowest BCUT2D eigenvalue weighted by Gasteiger charge is -2.17. The van der Waals surface area contributed by atoms with Crippen LogP contribution in [-0.2, 0) is 20.9 Å². The van der Waals surface area contributed by atoms with E-state index in [4.69, 9.17) is 9.47 Å². The highest BCUT2D eigenvalue weighted by Crippen LogP contribution is 2.31. The van der Waals surface area contributed by atoms with E-state index in [1.807, 2.05) is 48.5 Å². The Hall–Kier alpha value is -3.98. The number of thiophene rings is 1. The van der Waals surface area contributed by atoms with Crippen LogP contribution in [0.2, 0.25) is 0 Å². The molecule has 0 fully saturated rings. The normalized spacial score (nSPS) is 10.7. The summed E-state index contributed by atoms with van der Waals surface area (Å²) in [5.41, 5.74) is 1.84. The van der Waals surface area contributed by atoms with Crippen molar-refractivity contribution in [2.24, 2.45) is 0 Å². The van der Waals surface area contributed by atoms with Crippen molar-refractivity contribution in [2.75, 3.05) is 25.7 Å². The van der Waals surface area contributed by atoms with Crippen molar-refractivity contribution >= 4 is 39.1 Å². The minimum atomic E-state index is -0.694. The minimum absolute atomic E-state index is 0.333. The Labute approximate surface area is 193 Å². The smallest absolute Gasteiger partial charge is 0.326 e. The van der Waals surface area contributed by atoms with Crippen LogP contribution in [-0.4, -0.2) is 42.2 Å². The van der Waals surface area contributed by atoms with Crippen LogP contribution in [0.4, 0.5) is 5.69 Å². The summed E-state index contributed by atoms with van der Waals surface area (Å²) < 4.78 is 11.9. The van der Waals surface area contributed by atoms with Gasteiger partial charge in [-0.2, -0.15) is 0 Å². The first-order chi connectivity index (χ1) is 16.0. The summed E-state index contributed by atoms with van der Waals surface area (Å²) in [6.45, 7) is -0.755. The largest absolute Gasteiger partial charge is 0.497 e. The summed E-state index contributed by atoms with van der Waals surface area (Å²) in [6.07, 6.45) is 1.31. The van der Waals surface area contributed by atoms with Crippen molar-refractivity contribution in [3.63, 3.8) is 0 Å². The lowest BCUT2D eigenvalue weighted by molar-refractivity contribution is -0.148. The standard InChI is InChI=1S/C24H21N3O5S/c1-26(17-6-4-3-5-7-17)21(28)14-32-22(29)13-27-15-25-19-12-20(33-23(19)24(27)30)16-8-10-18(31-2)11-9-16/h3-12,15H,13-14H2,1-2H3. The van der Waals surface area contributed by atoms with Gasteiger partial charge in [-0.15, -0.1) is 11.3 Å². The first-order valence-corrected chi connectivity index (χ1v) is 10.9. The Morgan fingerprint density at radius 1 is 1.09 bits per heavy atom. The van der Waals surface area contributed by atoms with E-state index >= 15 is 0 Å². The maximum Gasteiger partial charge on any atom is 0.326 e. The zero-order chi connectivity index (χ0) is 23.4. The molecular formula is C24H21N3O5S. The summed E-state index contributed by atoms with van der Waals surface area (Å²) in [6, 6.07) is 18.4. The number of likely N-dealkylation sites (N-methyl/N-ethyl adjacent to an activating group) is 1. The molecule has 0 saturated heterocycles. The molecule has 4 rings (SSSR count). The van der Waals surface area contributed by atoms with E-state index in [-0.39, 0.29) is 18.0 Å². The Bertz CT molecular complexity index is 1350. The number of methoxy groups -OCH3 is 1. The first-order valence-electron chi connectivity index (χ1n) is 10.1. The molecule has 0 unspecified atom stereocenters. The first kappa shape index (κ1) is 22.2. The number of fused-ring (bicyclic) bond motifs is 1. The Morgan fingerprint density at radius 2 is 1.82 bits per heavy atom. The van der Waals surface area contributed by atoms with Crippen LogP contribution >= 0.6 is 11.3 Å². The van der Waals surface area contributed by atoms with Crippen molar-refractivity contribution in [3.05, 3.63) is 77.3 Å². The maximum absolute atomic E-state index is 12.9. The van der Waals surface area contributed by atoms with Crippen molar-refractivity contribution < 1.29 is 19.1 Å². The highest BCUT2D eigenvalue weighted by molar-refractivity contribution is 7.22. The summed E-state index contributed by atoms with van der Waals surface area (Å²) in [4.78, 5) is 44.0. The number of esters is 1. The number of anilines is 1. The SMILES string of the molecule is COc1ccc(-c2cc3ncn(CC(=O)OCC(=O)N(C)c4ccccc4)c(=O)c3s2)cc1. The van der Waals surface area contributed by atoms with Crippen molar-refractivity contribution in [1.82, 2.24) is 9.55 Å². The number of rotatable bonds is 7. The zero-order valence-electron chi connectivity index (χ0n) is 18.1. The zero-order valence-corrected chi connectivity index (χ0v) is 18.9. The molecule has 0 aliphatic carbocycles. The number of benzene rings is 2. The number of ether oxygens (including phenoxy) is 2. The van der Waals surface area contributed by atoms with Gasteiger partial charge in [-0.05, 0) is 48.0 Å². The van der Waals surface area contributed by atoms with E-state index in [9.17, 15) is 14.4 Å². The molecule has 0 bridgehead atoms. The lowest BCUT2D eigenvalue weighted by atomic mass is 10.2. The quantitative estimate of drug-likeness (QED) is 0.391. The van der Waals surface area contributed by atoms with Crippen LogP contribution in [0.25, 0.3) is 20.7 Å². The Kier molecular flexibility index (Phi) is 6.50. The summed E-state index contributed by atoms with van der Waals surface area (Å²) in [7, 11) is 3.20. The molecule has 1 amide bonds. The molecule has 2 heterocycles. The third-order valence-corrected chi connectivity index (χ3v) is 6.21. The van der Waals surface area contributed by atoms with Crippen LogP contribution < -0.4 is 15.2 Å². The van der Waals surface area contributed by atoms with Crippen LogP contribution in [0.5, 0.6) is 5.75 Å². The molecular weight excluding hydrogens is 442 g/mol. The average molecular weight is 464 g/mol. The van der Waals surface area contributed by atoms with Crippen LogP contribution in [0.15, 0.2) is 71.8 Å². The van der Waals surface area contributed by atoms with Gasteiger partial charge in [-0.25, -0.2) is 4.98 Å². The van der Waals surface area contributed by atoms with Gasteiger partial charge < -0.3 is 14.4 Å². The highest BCUT2D eigenvalue weighted by Gasteiger charge is 2.16. The van der Waals surface area contributed by atoms with Crippen LogP contribution in [0, 0.1) is 0 Å². The number of aromatic nitrogens is 2. The van der Waals surface area contributed by atoms with E-state index in [0.29, 0.717) is 15.9 Å². The van der Waals surface area contributed by atoms with Crippen LogP contribution in [0.3, 0.4) is 0 Å². The van der Waals surface area contributed by atoms with E-state index < -0.39 is 12.6 Å². The predicted octanol–water partition coefficient (Wildman–Crippen LogP) is 3.34. The van der Waals surface area contributed by atoms with E-state index in [0.717, 1.165) is 16.2 Å². The van der Waals surface area contributed by atoms with E-state index in [2.05, 4.69) is 4.98 Å². The number of nitrogens with zero attached hydrogens (tertiary/aromatic N) is 3. The fraction of sp³-hybridized carbons (Fsp3) is 0.167. The van der Waals surface area contributed by atoms with Gasteiger partial charge in [0, 0.05) is 17.6 Å². The Balaban J connectivity index is 1.43. The summed E-state index contributed by atoms with van der Waals surface area (Å²) >= 11 is 1.30. The number of carbonyl (C=O) groups excluding carboxylic acids is 2. The fourth-order valence-electron chi connectivity index (χ4n) is 3.17. The predicted molar refractivity (Wildman–Crippen MR) is 127 cm³/mol. The molecule has 33 heavy (non-hydrogen) atoms. The number of hydrogen-bond donors (Lipinski definition) is 0.